The summed E-state index contributed by atoms with van der Waals surface area (Å²) >= 11 is 0. The molecule has 2 aromatic carbocycles. The van der Waals surface area contributed by atoms with Gasteiger partial charge in [0.2, 0.25) is 0 Å². The fourth-order valence-corrected chi connectivity index (χ4v) is 5.01. The molecule has 0 bridgehead atoms. The summed E-state index contributed by atoms with van der Waals surface area (Å²) < 4.78 is 12.4. The van der Waals surface area contributed by atoms with E-state index in [9.17, 15) is 4.79 Å². The van der Waals surface area contributed by atoms with Crippen LogP contribution in [-0.2, 0) is 11.4 Å². The summed E-state index contributed by atoms with van der Waals surface area (Å²) in [7, 11) is 0. The highest BCUT2D eigenvalue weighted by molar-refractivity contribution is 5.83. The van der Waals surface area contributed by atoms with Crippen LogP contribution in [0.1, 0.15) is 67.7 Å². The Morgan fingerprint density at radius 1 is 1.09 bits per heavy atom. The van der Waals surface area contributed by atoms with Crippen molar-refractivity contribution in [3.63, 3.8) is 0 Å². The van der Waals surface area contributed by atoms with Crippen LogP contribution in [0.2, 0.25) is 0 Å². The van der Waals surface area contributed by atoms with Gasteiger partial charge in [0.15, 0.2) is 5.43 Å². The Morgan fingerprint density at radius 2 is 1.81 bits per heavy atom. The third kappa shape index (κ3) is 3.26. The number of fused-ring (bicyclic) bond motifs is 5. The average Bonchev–Trinajstić information content (AvgIpc) is 3.02. The average molecular weight is 434 g/mol. The van der Waals surface area contributed by atoms with E-state index in [0.717, 1.165) is 11.3 Å². The van der Waals surface area contributed by atoms with Gasteiger partial charge in [-0.25, -0.2) is 0 Å². The minimum atomic E-state index is -0.400. The molecule has 5 nitrogen and oxygen atoms in total. The van der Waals surface area contributed by atoms with Crippen LogP contribution in [0.4, 0.5) is 0 Å². The van der Waals surface area contributed by atoms with Gasteiger partial charge in [0.25, 0.3) is 0 Å². The maximum atomic E-state index is 13.0. The van der Waals surface area contributed by atoms with Crippen molar-refractivity contribution in [2.45, 2.75) is 65.6 Å². The molecule has 32 heavy (non-hydrogen) atoms. The highest BCUT2D eigenvalue weighted by Gasteiger charge is 2.53. The fraction of sp³-hybridized carbons (Fsp3) is 0.444. The number of aryl methyl sites for hydroxylation is 1. The zero-order valence-electron chi connectivity index (χ0n) is 19.7. The lowest BCUT2D eigenvalue weighted by atomic mass is 9.80. The molecule has 2 atom stereocenters. The normalized spacial score (nSPS) is 22.1. The second-order valence-electron chi connectivity index (χ2n) is 9.99. The van der Waals surface area contributed by atoms with Gasteiger partial charge < -0.3 is 9.15 Å². The largest absolute Gasteiger partial charge is 0.493 e. The lowest BCUT2D eigenvalue weighted by Gasteiger charge is -2.33. The first kappa shape index (κ1) is 21.2. The number of nitrogens with zero attached hydrogens (tertiary/aromatic N) is 1. The van der Waals surface area contributed by atoms with E-state index >= 15 is 0 Å². The van der Waals surface area contributed by atoms with Gasteiger partial charge in [-0.2, -0.15) is 5.06 Å². The predicted octanol–water partition coefficient (Wildman–Crippen LogP) is 5.81. The summed E-state index contributed by atoms with van der Waals surface area (Å²) in [5, 5.41) is 2.66. The van der Waals surface area contributed by atoms with Gasteiger partial charge in [-0.1, -0.05) is 38.1 Å². The first-order valence-electron chi connectivity index (χ1n) is 11.4. The summed E-state index contributed by atoms with van der Waals surface area (Å²) in [5.74, 6) is 2.03. The van der Waals surface area contributed by atoms with Gasteiger partial charge in [-0.15, -0.1) is 0 Å². The van der Waals surface area contributed by atoms with Crippen LogP contribution in [0.15, 0.2) is 45.6 Å². The van der Waals surface area contributed by atoms with Crippen molar-refractivity contribution < 1.29 is 14.0 Å². The molecule has 1 fully saturated rings. The van der Waals surface area contributed by atoms with Crippen LogP contribution in [0.5, 0.6) is 5.75 Å². The van der Waals surface area contributed by atoms with Gasteiger partial charge in [-0.3, -0.25) is 9.63 Å². The van der Waals surface area contributed by atoms with Crippen molar-refractivity contribution in [3.8, 4) is 5.75 Å². The number of hydrogen-bond acceptors (Lipinski definition) is 5. The van der Waals surface area contributed by atoms with Gasteiger partial charge in [-0.05, 0) is 56.9 Å². The van der Waals surface area contributed by atoms with Gasteiger partial charge in [0.05, 0.1) is 29.2 Å². The molecule has 1 aromatic heterocycles. The Bertz CT molecular complexity index is 1240. The van der Waals surface area contributed by atoms with E-state index in [1.807, 2.05) is 26.0 Å². The lowest BCUT2D eigenvalue weighted by molar-refractivity contribution is -0.201. The van der Waals surface area contributed by atoms with Gasteiger partial charge in [0, 0.05) is 18.0 Å². The number of rotatable bonds is 3. The Morgan fingerprint density at radius 3 is 2.50 bits per heavy atom. The summed E-state index contributed by atoms with van der Waals surface area (Å²) in [5.41, 5.74) is 4.31. The molecular weight excluding hydrogens is 402 g/mol. The lowest BCUT2D eigenvalue weighted by Crippen LogP contribution is -2.37. The molecule has 5 heteroatoms. The van der Waals surface area contributed by atoms with Gasteiger partial charge >= 0.3 is 0 Å². The summed E-state index contributed by atoms with van der Waals surface area (Å²) in [6, 6.07) is 12.4. The Hall–Kier alpha value is -2.63. The number of hydrogen-bond donors (Lipinski definition) is 0. The minimum Gasteiger partial charge on any atom is -0.493 e. The number of hydroxylamine groups is 2. The van der Waals surface area contributed by atoms with Crippen LogP contribution in [0.25, 0.3) is 11.0 Å². The van der Waals surface area contributed by atoms with Crippen molar-refractivity contribution in [1.29, 1.82) is 0 Å². The summed E-state index contributed by atoms with van der Waals surface area (Å²) in [4.78, 5) is 19.5. The Balaban J connectivity index is 1.62. The van der Waals surface area contributed by atoms with Crippen LogP contribution in [0, 0.1) is 19.8 Å². The van der Waals surface area contributed by atoms with E-state index < -0.39 is 5.60 Å². The molecule has 0 amide bonds. The number of ether oxygens (including phenoxy) is 1. The Labute approximate surface area is 188 Å². The van der Waals surface area contributed by atoms with E-state index in [0.29, 0.717) is 41.4 Å². The molecule has 0 unspecified atom stereocenters. The maximum Gasteiger partial charge on any atom is 0.195 e. The molecular formula is C27H31NO4. The van der Waals surface area contributed by atoms with Crippen LogP contribution in [-0.4, -0.2) is 17.3 Å². The minimum absolute atomic E-state index is 0.0164. The van der Waals surface area contributed by atoms with Crippen molar-refractivity contribution in [2.24, 2.45) is 5.92 Å². The molecule has 2 aliphatic heterocycles. The molecule has 3 heterocycles. The van der Waals surface area contributed by atoms with E-state index in [2.05, 4.69) is 57.0 Å². The topological polar surface area (TPSA) is 51.9 Å². The van der Waals surface area contributed by atoms with Gasteiger partial charge in [0.1, 0.15) is 17.1 Å². The highest BCUT2D eigenvalue weighted by atomic mass is 16.7. The zero-order chi connectivity index (χ0) is 22.8. The number of benzene rings is 2. The zero-order valence-corrected chi connectivity index (χ0v) is 19.7. The molecule has 2 aliphatic rings. The third-order valence-corrected chi connectivity index (χ3v) is 7.16. The molecule has 0 radical (unpaired) electrons. The third-order valence-electron chi connectivity index (χ3n) is 7.16. The SMILES string of the molecule is Cc1oc2c3c(ccc2c(=O)c1C)OC[C@H]1[C@@H]3N(Cc2ccc(C(C)C)cc2)OC1(C)C. The molecule has 0 spiro atoms. The van der Waals surface area contributed by atoms with Crippen LogP contribution < -0.4 is 10.2 Å². The smallest absolute Gasteiger partial charge is 0.195 e. The van der Waals surface area contributed by atoms with E-state index in [4.69, 9.17) is 14.0 Å². The van der Waals surface area contributed by atoms with Crippen molar-refractivity contribution >= 4 is 11.0 Å². The monoisotopic (exact) mass is 433 g/mol. The fourth-order valence-electron chi connectivity index (χ4n) is 5.01. The molecule has 5 rings (SSSR count). The molecule has 0 saturated carbocycles. The summed E-state index contributed by atoms with van der Waals surface area (Å²) in [6.45, 7) is 13.5. The Kier molecular flexibility index (Phi) is 4.95. The van der Waals surface area contributed by atoms with Crippen LogP contribution in [0.3, 0.4) is 0 Å². The maximum absolute atomic E-state index is 13.0. The van der Waals surface area contributed by atoms with E-state index in [1.54, 1.807) is 0 Å². The summed E-state index contributed by atoms with van der Waals surface area (Å²) in [6.07, 6.45) is 0. The van der Waals surface area contributed by atoms with E-state index in [-0.39, 0.29) is 17.4 Å². The molecule has 1 saturated heterocycles. The molecule has 168 valence electrons. The van der Waals surface area contributed by atoms with Crippen molar-refractivity contribution in [3.05, 3.63) is 74.6 Å². The van der Waals surface area contributed by atoms with Crippen molar-refractivity contribution in [1.82, 2.24) is 5.06 Å². The molecule has 0 N–H and O–H groups in total. The molecule has 3 aromatic rings. The predicted molar refractivity (Wildman–Crippen MR) is 125 cm³/mol. The first-order chi connectivity index (χ1) is 15.2. The first-order valence-corrected chi connectivity index (χ1v) is 11.4. The second kappa shape index (κ2) is 7.46. The highest BCUT2D eigenvalue weighted by Crippen LogP contribution is 2.52. The second-order valence-corrected chi connectivity index (χ2v) is 9.99. The van der Waals surface area contributed by atoms with E-state index in [1.165, 1.54) is 11.1 Å². The quantitative estimate of drug-likeness (QED) is 0.522. The molecule has 0 aliphatic carbocycles. The van der Waals surface area contributed by atoms with Crippen molar-refractivity contribution in [2.75, 3.05) is 6.61 Å². The van der Waals surface area contributed by atoms with Crippen LogP contribution >= 0.6 is 0 Å². The standard InChI is InChI=1S/C27H31NO4/c1-15(2)19-9-7-18(8-10-19)13-28-24-21(27(5,6)32-28)14-30-22-12-11-20-25(29)16(3)17(4)31-26(20)23(22)24/h7-12,15,21,24H,13-14H2,1-6H3/t21-,24-/m0/s1.